The summed E-state index contributed by atoms with van der Waals surface area (Å²) in [7, 11) is -2.01. The first kappa shape index (κ1) is 20.1. The van der Waals surface area contributed by atoms with E-state index in [1.165, 1.54) is 0 Å². The van der Waals surface area contributed by atoms with Gasteiger partial charge in [-0.3, -0.25) is 0 Å². The molecule has 1 atom stereocenters. The fraction of sp³-hybridized carbons (Fsp3) is 0.400. The molecular formula is C20H24ClNO4S. The van der Waals surface area contributed by atoms with Crippen molar-refractivity contribution in [3.63, 3.8) is 0 Å². The lowest BCUT2D eigenvalue weighted by molar-refractivity contribution is 0.146. The van der Waals surface area contributed by atoms with Crippen LogP contribution in [0.4, 0.5) is 0 Å². The third-order valence-corrected chi connectivity index (χ3v) is 6.89. The minimum absolute atomic E-state index is 0.0401. The minimum atomic E-state index is -3.62. The molecule has 1 fully saturated rings. The lowest BCUT2D eigenvalue weighted by Gasteiger charge is -2.29. The van der Waals surface area contributed by atoms with Gasteiger partial charge in [0.15, 0.2) is 0 Å². The van der Waals surface area contributed by atoms with Gasteiger partial charge in [0.05, 0.1) is 11.5 Å². The van der Waals surface area contributed by atoms with E-state index in [9.17, 15) is 8.42 Å². The summed E-state index contributed by atoms with van der Waals surface area (Å²) >= 11 is 5.97. The molecule has 0 saturated heterocycles. The Labute approximate surface area is 165 Å². The zero-order valence-electron chi connectivity index (χ0n) is 15.5. The largest absolute Gasteiger partial charge is 0.491 e. The average Bonchev–Trinajstić information content (AvgIpc) is 3.47. The fourth-order valence-electron chi connectivity index (χ4n) is 3.01. The smallest absolute Gasteiger partial charge is 0.243 e. The zero-order valence-corrected chi connectivity index (χ0v) is 17.0. The Morgan fingerprint density at radius 2 is 1.70 bits per heavy atom. The van der Waals surface area contributed by atoms with Crippen LogP contribution in [0.3, 0.4) is 0 Å². The standard InChI is InChI=1S/C20H24ClNO4S/c1-15(16-3-5-17(21)6-4-16)22(18-7-8-18)27(23,24)20-11-9-19(10-12-20)26-14-13-25-2/h3-6,9-12,15,18H,7-8,13-14H2,1-2H3/t15-/m0/s1. The summed E-state index contributed by atoms with van der Waals surface area (Å²) in [5.74, 6) is 0.620. The van der Waals surface area contributed by atoms with Gasteiger partial charge in [0.1, 0.15) is 12.4 Å². The van der Waals surface area contributed by atoms with E-state index < -0.39 is 10.0 Å². The van der Waals surface area contributed by atoms with Crippen LogP contribution >= 0.6 is 11.6 Å². The van der Waals surface area contributed by atoms with Crippen molar-refractivity contribution in [3.05, 3.63) is 59.1 Å². The number of hydrogen-bond donors (Lipinski definition) is 0. The van der Waals surface area contributed by atoms with Crippen LogP contribution in [0.2, 0.25) is 5.02 Å². The normalized spacial score (nSPS) is 15.7. The number of halogens is 1. The molecule has 7 heteroatoms. The molecule has 0 radical (unpaired) electrons. The van der Waals surface area contributed by atoms with E-state index in [1.54, 1.807) is 47.8 Å². The molecule has 0 heterocycles. The second-order valence-electron chi connectivity index (χ2n) is 6.61. The van der Waals surface area contributed by atoms with Crippen molar-refractivity contribution >= 4 is 21.6 Å². The SMILES string of the molecule is COCCOc1ccc(S(=O)(=O)N(C2CC2)[C@@H](C)c2ccc(Cl)cc2)cc1. The highest BCUT2D eigenvalue weighted by Gasteiger charge is 2.41. The first-order valence-electron chi connectivity index (χ1n) is 8.94. The molecule has 2 aromatic carbocycles. The van der Waals surface area contributed by atoms with Crippen LogP contribution < -0.4 is 4.74 Å². The Morgan fingerprint density at radius 3 is 2.26 bits per heavy atom. The summed E-state index contributed by atoms with van der Waals surface area (Å²) < 4.78 is 38.7. The Kier molecular flexibility index (Phi) is 6.42. The maximum atomic E-state index is 13.3. The number of nitrogens with zero attached hydrogens (tertiary/aromatic N) is 1. The van der Waals surface area contributed by atoms with Crippen molar-refractivity contribution in [2.45, 2.75) is 36.7 Å². The van der Waals surface area contributed by atoms with Gasteiger partial charge < -0.3 is 9.47 Å². The monoisotopic (exact) mass is 409 g/mol. The first-order chi connectivity index (χ1) is 12.9. The second kappa shape index (κ2) is 8.61. The van der Waals surface area contributed by atoms with E-state index in [0.717, 1.165) is 18.4 Å². The van der Waals surface area contributed by atoms with Crippen LogP contribution in [0, 0.1) is 0 Å². The molecule has 0 spiro atoms. The van der Waals surface area contributed by atoms with Crippen molar-refractivity contribution in [2.24, 2.45) is 0 Å². The number of methoxy groups -OCH3 is 1. The Morgan fingerprint density at radius 1 is 1.07 bits per heavy atom. The molecule has 2 aromatic rings. The van der Waals surface area contributed by atoms with E-state index in [4.69, 9.17) is 21.1 Å². The quantitative estimate of drug-likeness (QED) is 0.580. The average molecular weight is 410 g/mol. The highest BCUT2D eigenvalue weighted by Crippen LogP contribution is 2.39. The number of rotatable bonds is 9. The van der Waals surface area contributed by atoms with Gasteiger partial charge in [0.2, 0.25) is 10.0 Å². The van der Waals surface area contributed by atoms with Crippen LogP contribution in [0.5, 0.6) is 5.75 Å². The molecule has 1 saturated carbocycles. The van der Waals surface area contributed by atoms with Crippen molar-refractivity contribution in [1.82, 2.24) is 4.31 Å². The molecule has 27 heavy (non-hydrogen) atoms. The Hall–Kier alpha value is -1.60. The molecule has 1 aliphatic carbocycles. The maximum Gasteiger partial charge on any atom is 0.243 e. The van der Waals surface area contributed by atoms with Crippen molar-refractivity contribution in [1.29, 1.82) is 0 Å². The van der Waals surface area contributed by atoms with E-state index >= 15 is 0 Å². The van der Waals surface area contributed by atoms with E-state index in [0.29, 0.717) is 24.0 Å². The molecule has 0 bridgehead atoms. The molecule has 0 aliphatic heterocycles. The highest BCUT2D eigenvalue weighted by molar-refractivity contribution is 7.89. The third-order valence-electron chi connectivity index (χ3n) is 4.60. The van der Waals surface area contributed by atoms with Gasteiger partial charge in [-0.2, -0.15) is 4.31 Å². The summed E-state index contributed by atoms with van der Waals surface area (Å²) in [5.41, 5.74) is 0.925. The summed E-state index contributed by atoms with van der Waals surface area (Å²) in [6.45, 7) is 2.82. The highest BCUT2D eigenvalue weighted by atomic mass is 35.5. The molecule has 146 valence electrons. The molecule has 0 amide bonds. The predicted molar refractivity (Wildman–Crippen MR) is 106 cm³/mol. The van der Waals surface area contributed by atoms with Gasteiger partial charge in [-0.1, -0.05) is 23.7 Å². The van der Waals surface area contributed by atoms with Gasteiger partial charge in [-0.05, 0) is 61.7 Å². The van der Waals surface area contributed by atoms with Crippen LogP contribution in [0.25, 0.3) is 0 Å². The van der Waals surface area contributed by atoms with Gasteiger partial charge in [-0.25, -0.2) is 8.42 Å². The van der Waals surface area contributed by atoms with Crippen LogP contribution in [-0.4, -0.2) is 39.1 Å². The predicted octanol–water partition coefficient (Wildman–Crippen LogP) is 4.28. The molecule has 3 rings (SSSR count). The summed E-state index contributed by atoms with van der Waals surface area (Å²) in [5, 5.41) is 0.635. The van der Waals surface area contributed by atoms with Crippen molar-refractivity contribution < 1.29 is 17.9 Å². The first-order valence-corrected chi connectivity index (χ1v) is 10.8. The third kappa shape index (κ3) is 4.82. The number of benzene rings is 2. The molecule has 0 unspecified atom stereocenters. The Balaban J connectivity index is 1.82. The maximum absolute atomic E-state index is 13.3. The van der Waals surface area contributed by atoms with Crippen LogP contribution in [0.1, 0.15) is 31.4 Å². The molecule has 1 aliphatic rings. The summed E-state index contributed by atoms with van der Waals surface area (Å²) in [4.78, 5) is 0.273. The number of sulfonamides is 1. The number of ether oxygens (including phenoxy) is 2. The van der Waals surface area contributed by atoms with Crippen LogP contribution in [0.15, 0.2) is 53.4 Å². The summed E-state index contributed by atoms with van der Waals surface area (Å²) in [6, 6.07) is 13.7. The van der Waals surface area contributed by atoms with E-state index in [2.05, 4.69) is 0 Å². The molecule has 0 N–H and O–H groups in total. The fourth-order valence-corrected chi connectivity index (χ4v) is 5.00. The topological polar surface area (TPSA) is 55.8 Å². The molecular weight excluding hydrogens is 386 g/mol. The van der Waals surface area contributed by atoms with E-state index in [1.807, 2.05) is 19.1 Å². The van der Waals surface area contributed by atoms with E-state index in [-0.39, 0.29) is 17.0 Å². The van der Waals surface area contributed by atoms with Gasteiger partial charge >= 0.3 is 0 Å². The molecule has 5 nitrogen and oxygen atoms in total. The van der Waals surface area contributed by atoms with Crippen molar-refractivity contribution in [3.8, 4) is 5.75 Å². The Bertz CT molecular complexity index is 849. The second-order valence-corrected chi connectivity index (χ2v) is 8.89. The van der Waals surface area contributed by atoms with Gasteiger partial charge in [0, 0.05) is 24.2 Å². The minimum Gasteiger partial charge on any atom is -0.491 e. The number of hydrogen-bond acceptors (Lipinski definition) is 4. The lowest BCUT2D eigenvalue weighted by Crippen LogP contribution is -2.35. The van der Waals surface area contributed by atoms with Crippen LogP contribution in [-0.2, 0) is 14.8 Å². The lowest BCUT2D eigenvalue weighted by atomic mass is 10.1. The summed E-state index contributed by atoms with van der Waals surface area (Å²) in [6.07, 6.45) is 1.77. The zero-order chi connectivity index (χ0) is 19.4. The molecule has 0 aromatic heterocycles. The van der Waals surface area contributed by atoms with Crippen molar-refractivity contribution in [2.75, 3.05) is 20.3 Å². The van der Waals surface area contributed by atoms with Gasteiger partial charge in [0.25, 0.3) is 0 Å². The van der Waals surface area contributed by atoms with Gasteiger partial charge in [-0.15, -0.1) is 0 Å².